The number of amides is 4. The highest BCUT2D eigenvalue weighted by atomic mass is 32.2. The maximum Gasteiger partial charge on any atom is 0.408 e. The van der Waals surface area contributed by atoms with Gasteiger partial charge in [-0.2, -0.15) is 11.8 Å². The summed E-state index contributed by atoms with van der Waals surface area (Å²) in [4.78, 5) is 54.2. The molecule has 0 saturated carbocycles. The molecule has 1 aliphatic rings. The monoisotopic (exact) mass is 758 g/mol. The average Bonchev–Trinajstić information content (AvgIpc) is 3.13. The van der Waals surface area contributed by atoms with E-state index in [-0.39, 0.29) is 18.2 Å². The number of carbonyl (C=O) groups is 4. The van der Waals surface area contributed by atoms with Crippen LogP contribution < -0.4 is 25.4 Å². The van der Waals surface area contributed by atoms with E-state index in [1.54, 1.807) is 37.4 Å². The van der Waals surface area contributed by atoms with Gasteiger partial charge in [0.25, 0.3) is 0 Å². The summed E-state index contributed by atoms with van der Waals surface area (Å²) in [5.74, 6) is 1.23. The molecule has 0 unspecified atom stereocenters. The molecular weight excluding hydrogens is 701 g/mol. The van der Waals surface area contributed by atoms with Crippen molar-refractivity contribution in [1.29, 1.82) is 0 Å². The summed E-state index contributed by atoms with van der Waals surface area (Å²) in [6.07, 6.45) is 4.33. The Labute approximate surface area is 318 Å². The SMILES string of the molecule is CSCC[C@H](NC(=O)[C@@H](Cc1ccccc1)NC(=O)OC(C)(C)C)C(=O)NCCCCCC(=O)N1CCOCCOc2ccccc2OCCOCC1. The van der Waals surface area contributed by atoms with Crippen molar-refractivity contribution in [3.8, 4) is 11.5 Å². The molecule has 0 aliphatic carbocycles. The van der Waals surface area contributed by atoms with E-state index < -0.39 is 29.7 Å². The molecule has 2 aromatic rings. The molecule has 294 valence electrons. The number of alkyl carbamates (subject to hydrolysis) is 1. The number of ether oxygens (including phenoxy) is 5. The fourth-order valence-corrected chi connectivity index (χ4v) is 5.85. The first-order chi connectivity index (χ1) is 25.6. The molecule has 0 aromatic heterocycles. The standard InChI is InChI=1S/C39H58N4O9S/c1-39(2,3)52-38(47)42-32(29-30-13-7-5-8-14-30)37(46)41-31(18-28-53-4)36(45)40-19-12-6-9-17-35(44)43-20-22-48-24-26-50-33-15-10-11-16-34(33)51-27-25-49-23-21-43/h5,7-8,10-11,13-16,31-32H,6,9,12,17-29H2,1-4H3,(H,40,45)(H,41,46)(H,42,47)/t31-,32+/m0/s1. The molecular formula is C39H58N4O9S. The number of thioether (sulfide) groups is 1. The lowest BCUT2D eigenvalue weighted by molar-refractivity contribution is -0.133. The third-order valence-electron chi connectivity index (χ3n) is 8.08. The first-order valence-corrected chi connectivity index (χ1v) is 19.8. The van der Waals surface area contributed by atoms with Gasteiger partial charge in [-0.25, -0.2) is 4.79 Å². The van der Waals surface area contributed by atoms with E-state index in [1.165, 1.54) is 0 Å². The van der Waals surface area contributed by atoms with Crippen molar-refractivity contribution in [2.45, 2.75) is 77.0 Å². The van der Waals surface area contributed by atoms with Crippen LogP contribution in [0.25, 0.3) is 0 Å². The number of rotatable bonds is 15. The van der Waals surface area contributed by atoms with Crippen molar-refractivity contribution in [2.75, 3.05) is 71.3 Å². The molecule has 3 rings (SSSR count). The molecule has 14 heteroatoms. The minimum Gasteiger partial charge on any atom is -0.487 e. The molecule has 1 aliphatic heterocycles. The third-order valence-corrected chi connectivity index (χ3v) is 8.73. The number of carbonyl (C=O) groups excluding carboxylic acids is 4. The molecule has 2 atom stereocenters. The highest BCUT2D eigenvalue weighted by molar-refractivity contribution is 7.98. The maximum absolute atomic E-state index is 13.5. The number of unbranched alkanes of at least 4 members (excludes halogenated alkanes) is 2. The Balaban J connectivity index is 1.43. The first-order valence-electron chi connectivity index (χ1n) is 18.4. The van der Waals surface area contributed by atoms with E-state index >= 15 is 0 Å². The fourth-order valence-electron chi connectivity index (χ4n) is 5.38. The van der Waals surface area contributed by atoms with Crippen molar-refractivity contribution in [1.82, 2.24) is 20.9 Å². The zero-order valence-electron chi connectivity index (χ0n) is 31.7. The molecule has 0 fully saturated rings. The highest BCUT2D eigenvalue weighted by Crippen LogP contribution is 2.26. The lowest BCUT2D eigenvalue weighted by Gasteiger charge is -2.25. The molecule has 0 radical (unpaired) electrons. The Morgan fingerprint density at radius 2 is 1.40 bits per heavy atom. The summed E-state index contributed by atoms with van der Waals surface area (Å²) in [6.45, 7) is 8.84. The zero-order valence-corrected chi connectivity index (χ0v) is 32.5. The van der Waals surface area contributed by atoms with Crippen LogP contribution in [0.5, 0.6) is 11.5 Å². The second-order valence-electron chi connectivity index (χ2n) is 13.6. The second-order valence-corrected chi connectivity index (χ2v) is 14.6. The summed E-state index contributed by atoms with van der Waals surface area (Å²) >= 11 is 1.57. The van der Waals surface area contributed by atoms with Crippen LogP contribution in [-0.2, 0) is 35.0 Å². The Bertz CT molecular complexity index is 1360. The van der Waals surface area contributed by atoms with Gasteiger partial charge in [-0.3, -0.25) is 14.4 Å². The molecule has 4 amide bonds. The third kappa shape index (κ3) is 18.0. The summed E-state index contributed by atoms with van der Waals surface area (Å²) in [6, 6.07) is 15.1. The predicted octanol–water partition coefficient (Wildman–Crippen LogP) is 4.37. The quantitative estimate of drug-likeness (QED) is 0.223. The van der Waals surface area contributed by atoms with Gasteiger partial charge < -0.3 is 44.5 Å². The minimum atomic E-state index is -0.941. The van der Waals surface area contributed by atoms with Gasteiger partial charge in [-0.1, -0.05) is 48.9 Å². The van der Waals surface area contributed by atoms with E-state index in [4.69, 9.17) is 23.7 Å². The maximum atomic E-state index is 13.5. The lowest BCUT2D eigenvalue weighted by atomic mass is 10.0. The van der Waals surface area contributed by atoms with Crippen LogP contribution in [0.3, 0.4) is 0 Å². The first kappa shape index (κ1) is 43.4. The van der Waals surface area contributed by atoms with E-state index in [9.17, 15) is 19.2 Å². The fraction of sp³-hybridized carbons (Fsp3) is 0.590. The topological polar surface area (TPSA) is 154 Å². The molecule has 2 aromatic carbocycles. The molecule has 0 saturated heterocycles. The number of hydrogen-bond acceptors (Lipinski definition) is 10. The Kier molecular flexibility index (Phi) is 19.9. The Morgan fingerprint density at radius 3 is 2.00 bits per heavy atom. The molecule has 0 spiro atoms. The van der Waals surface area contributed by atoms with Gasteiger partial charge in [-0.05, 0) is 69.7 Å². The van der Waals surface area contributed by atoms with Gasteiger partial charge in [0.2, 0.25) is 17.7 Å². The van der Waals surface area contributed by atoms with E-state index in [2.05, 4.69) is 16.0 Å². The normalized spacial score (nSPS) is 15.5. The summed E-state index contributed by atoms with van der Waals surface area (Å²) < 4.78 is 28.5. The van der Waals surface area contributed by atoms with Crippen LogP contribution >= 0.6 is 11.8 Å². The summed E-state index contributed by atoms with van der Waals surface area (Å²) in [5.41, 5.74) is 0.120. The highest BCUT2D eigenvalue weighted by Gasteiger charge is 2.28. The molecule has 0 bridgehead atoms. The number of hydrogen-bond donors (Lipinski definition) is 3. The van der Waals surface area contributed by atoms with Gasteiger partial charge in [0, 0.05) is 32.5 Å². The predicted molar refractivity (Wildman–Crippen MR) is 205 cm³/mol. The van der Waals surface area contributed by atoms with Crippen LogP contribution in [0, 0.1) is 0 Å². The van der Waals surface area contributed by atoms with Crippen LogP contribution in [0.4, 0.5) is 4.79 Å². The number of nitrogens with zero attached hydrogens (tertiary/aromatic N) is 1. The number of benzene rings is 2. The van der Waals surface area contributed by atoms with E-state index in [1.807, 2.05) is 60.9 Å². The van der Waals surface area contributed by atoms with Crippen molar-refractivity contribution < 1.29 is 42.9 Å². The van der Waals surface area contributed by atoms with Crippen molar-refractivity contribution in [2.24, 2.45) is 0 Å². The van der Waals surface area contributed by atoms with Gasteiger partial charge in [0.1, 0.15) is 30.9 Å². The largest absolute Gasteiger partial charge is 0.487 e. The van der Waals surface area contributed by atoms with Gasteiger partial charge >= 0.3 is 6.09 Å². The van der Waals surface area contributed by atoms with Gasteiger partial charge in [0.15, 0.2) is 11.5 Å². The second kappa shape index (κ2) is 24.3. The van der Waals surface area contributed by atoms with Crippen molar-refractivity contribution in [3.05, 3.63) is 60.2 Å². The van der Waals surface area contributed by atoms with Gasteiger partial charge in [-0.15, -0.1) is 0 Å². The Morgan fingerprint density at radius 1 is 0.774 bits per heavy atom. The molecule has 13 nitrogen and oxygen atoms in total. The lowest BCUT2D eigenvalue weighted by Crippen LogP contribution is -2.55. The summed E-state index contributed by atoms with van der Waals surface area (Å²) in [5, 5.41) is 8.49. The number of fused-ring (bicyclic) bond motifs is 1. The van der Waals surface area contributed by atoms with E-state index in [0.29, 0.717) is 102 Å². The zero-order chi connectivity index (χ0) is 38.3. The summed E-state index contributed by atoms with van der Waals surface area (Å²) in [7, 11) is 0. The van der Waals surface area contributed by atoms with Crippen LogP contribution in [0.1, 0.15) is 58.4 Å². The van der Waals surface area contributed by atoms with Crippen molar-refractivity contribution >= 4 is 35.6 Å². The van der Waals surface area contributed by atoms with Crippen molar-refractivity contribution in [3.63, 3.8) is 0 Å². The molecule has 3 N–H and O–H groups in total. The molecule has 53 heavy (non-hydrogen) atoms. The minimum absolute atomic E-state index is 0.0235. The van der Waals surface area contributed by atoms with Gasteiger partial charge in [0.05, 0.1) is 26.4 Å². The van der Waals surface area contributed by atoms with Crippen LogP contribution in [0.2, 0.25) is 0 Å². The van der Waals surface area contributed by atoms with Crippen LogP contribution in [-0.4, -0.2) is 118 Å². The molecule has 1 heterocycles. The number of para-hydroxylation sites is 2. The van der Waals surface area contributed by atoms with Crippen LogP contribution in [0.15, 0.2) is 54.6 Å². The smallest absolute Gasteiger partial charge is 0.408 e. The van der Waals surface area contributed by atoms with E-state index in [0.717, 1.165) is 12.0 Å². The average molecular weight is 759 g/mol. The number of nitrogens with one attached hydrogen (secondary N) is 3. The Hall–Kier alpha value is -4.01.